The van der Waals surface area contributed by atoms with Crippen LogP contribution < -0.4 is 4.90 Å². The lowest BCUT2D eigenvalue weighted by atomic mass is 10.2. The maximum Gasteiger partial charge on any atom is 0.209 e. The first kappa shape index (κ1) is 12.3. The van der Waals surface area contributed by atoms with E-state index in [2.05, 4.69) is 49.8 Å². The number of piperazine rings is 1. The van der Waals surface area contributed by atoms with Gasteiger partial charge in [0.05, 0.1) is 0 Å². The van der Waals surface area contributed by atoms with E-state index >= 15 is 0 Å². The van der Waals surface area contributed by atoms with Crippen LogP contribution in [0.3, 0.4) is 0 Å². The fourth-order valence-electron chi connectivity index (χ4n) is 1.96. The van der Waals surface area contributed by atoms with Gasteiger partial charge >= 0.3 is 0 Å². The van der Waals surface area contributed by atoms with E-state index < -0.39 is 0 Å². The Kier molecular flexibility index (Phi) is 4.16. The summed E-state index contributed by atoms with van der Waals surface area (Å²) in [5.74, 6) is 0.752. The molecule has 0 N–H and O–H groups in total. The van der Waals surface area contributed by atoms with Crippen LogP contribution in [-0.2, 0) is 0 Å². The van der Waals surface area contributed by atoms with Gasteiger partial charge in [0.1, 0.15) is 0 Å². The van der Waals surface area contributed by atoms with Crippen molar-refractivity contribution in [1.29, 1.82) is 0 Å². The molecule has 0 saturated carbocycles. The molecule has 0 radical (unpaired) electrons. The molecule has 0 spiro atoms. The van der Waals surface area contributed by atoms with E-state index in [0.717, 1.165) is 41.1 Å². The molecule has 0 amide bonds. The summed E-state index contributed by atoms with van der Waals surface area (Å²) < 4.78 is 0.868. The number of rotatable bonds is 3. The molecule has 0 unspecified atom stereocenters. The molecular formula is C10H17BrN4S. The van der Waals surface area contributed by atoms with Crippen molar-refractivity contribution >= 4 is 32.4 Å². The third-order valence-corrected chi connectivity index (χ3v) is 4.07. The van der Waals surface area contributed by atoms with Gasteiger partial charge < -0.3 is 4.90 Å². The Labute approximate surface area is 109 Å². The van der Waals surface area contributed by atoms with E-state index in [0.29, 0.717) is 0 Å². The second-order valence-corrected chi connectivity index (χ2v) is 6.75. The van der Waals surface area contributed by atoms with Crippen molar-refractivity contribution < 1.29 is 0 Å². The molecule has 16 heavy (non-hydrogen) atoms. The summed E-state index contributed by atoms with van der Waals surface area (Å²) >= 11 is 4.96. The minimum absolute atomic E-state index is 0.752. The van der Waals surface area contributed by atoms with Crippen molar-refractivity contribution in [3.8, 4) is 0 Å². The van der Waals surface area contributed by atoms with Gasteiger partial charge in [0.25, 0.3) is 0 Å². The quantitative estimate of drug-likeness (QED) is 0.856. The summed E-state index contributed by atoms with van der Waals surface area (Å²) in [7, 11) is 0. The number of hydrogen-bond acceptors (Lipinski definition) is 5. The second-order valence-electron chi connectivity index (χ2n) is 4.52. The average Bonchev–Trinajstić information content (AvgIpc) is 2.65. The van der Waals surface area contributed by atoms with Gasteiger partial charge in [-0.2, -0.15) is 0 Å². The Morgan fingerprint density at radius 3 is 2.44 bits per heavy atom. The van der Waals surface area contributed by atoms with Crippen LogP contribution >= 0.6 is 27.3 Å². The summed E-state index contributed by atoms with van der Waals surface area (Å²) in [5, 5.41) is 9.18. The second kappa shape index (κ2) is 5.42. The van der Waals surface area contributed by atoms with E-state index in [9.17, 15) is 0 Å². The van der Waals surface area contributed by atoms with Crippen LogP contribution in [0.5, 0.6) is 0 Å². The van der Waals surface area contributed by atoms with E-state index in [1.807, 2.05) is 0 Å². The molecule has 0 aliphatic carbocycles. The van der Waals surface area contributed by atoms with Gasteiger partial charge in [0.2, 0.25) is 5.13 Å². The van der Waals surface area contributed by atoms with Crippen molar-refractivity contribution in [1.82, 2.24) is 15.1 Å². The van der Waals surface area contributed by atoms with Crippen LogP contribution in [0.25, 0.3) is 0 Å². The minimum atomic E-state index is 0.752. The summed E-state index contributed by atoms with van der Waals surface area (Å²) in [4.78, 5) is 4.84. The first-order valence-electron chi connectivity index (χ1n) is 5.61. The van der Waals surface area contributed by atoms with Crippen molar-refractivity contribution in [2.75, 3.05) is 37.6 Å². The smallest absolute Gasteiger partial charge is 0.209 e. The van der Waals surface area contributed by atoms with Crippen LogP contribution in [0, 0.1) is 5.92 Å². The molecule has 2 heterocycles. The molecule has 90 valence electrons. The number of nitrogens with zero attached hydrogens (tertiary/aromatic N) is 4. The zero-order valence-electron chi connectivity index (χ0n) is 9.69. The number of halogens is 1. The zero-order valence-corrected chi connectivity index (χ0v) is 12.1. The summed E-state index contributed by atoms with van der Waals surface area (Å²) in [6.45, 7) is 10.1. The molecule has 1 aromatic heterocycles. The molecule has 0 aromatic carbocycles. The lowest BCUT2D eigenvalue weighted by Gasteiger charge is -2.35. The summed E-state index contributed by atoms with van der Waals surface area (Å²) in [5.41, 5.74) is 0. The van der Waals surface area contributed by atoms with Crippen LogP contribution in [-0.4, -0.2) is 47.8 Å². The lowest BCUT2D eigenvalue weighted by molar-refractivity contribution is 0.231. The van der Waals surface area contributed by atoms with Crippen LogP contribution in [0.4, 0.5) is 5.13 Å². The van der Waals surface area contributed by atoms with Gasteiger partial charge in [0, 0.05) is 32.7 Å². The van der Waals surface area contributed by atoms with E-state index in [-0.39, 0.29) is 0 Å². The van der Waals surface area contributed by atoms with Crippen molar-refractivity contribution in [2.24, 2.45) is 5.92 Å². The number of anilines is 1. The van der Waals surface area contributed by atoms with Gasteiger partial charge in [-0.15, -0.1) is 10.2 Å². The zero-order chi connectivity index (χ0) is 11.5. The largest absolute Gasteiger partial charge is 0.344 e. The summed E-state index contributed by atoms with van der Waals surface area (Å²) in [6.07, 6.45) is 0. The molecule has 0 bridgehead atoms. The minimum Gasteiger partial charge on any atom is -0.344 e. The molecule has 1 aromatic rings. The Balaban J connectivity index is 1.85. The Morgan fingerprint density at radius 2 is 1.94 bits per heavy atom. The predicted molar refractivity (Wildman–Crippen MR) is 71.1 cm³/mol. The SMILES string of the molecule is CC(C)CN1CCN(c2nnc(Br)s2)CC1. The monoisotopic (exact) mass is 304 g/mol. The first-order valence-corrected chi connectivity index (χ1v) is 7.22. The Morgan fingerprint density at radius 1 is 1.25 bits per heavy atom. The van der Waals surface area contributed by atoms with Gasteiger partial charge in [-0.05, 0) is 21.8 Å². The summed E-state index contributed by atoms with van der Waals surface area (Å²) in [6, 6.07) is 0. The predicted octanol–water partition coefficient (Wildman–Crippen LogP) is 2.08. The normalized spacial score (nSPS) is 18.4. The van der Waals surface area contributed by atoms with Crippen molar-refractivity contribution in [3.63, 3.8) is 0 Å². The third-order valence-electron chi connectivity index (χ3n) is 2.66. The molecule has 2 rings (SSSR count). The fourth-order valence-corrected chi connectivity index (χ4v) is 3.10. The molecule has 6 heteroatoms. The highest BCUT2D eigenvalue weighted by molar-refractivity contribution is 9.11. The molecule has 1 aliphatic heterocycles. The number of aromatic nitrogens is 2. The highest BCUT2D eigenvalue weighted by Gasteiger charge is 2.19. The molecule has 1 saturated heterocycles. The average molecular weight is 305 g/mol. The van der Waals surface area contributed by atoms with Crippen LogP contribution in [0.1, 0.15) is 13.8 Å². The van der Waals surface area contributed by atoms with E-state index in [1.54, 1.807) is 11.3 Å². The molecular weight excluding hydrogens is 288 g/mol. The van der Waals surface area contributed by atoms with Crippen molar-refractivity contribution in [3.05, 3.63) is 3.92 Å². The maximum atomic E-state index is 4.15. The van der Waals surface area contributed by atoms with Crippen LogP contribution in [0.2, 0.25) is 0 Å². The Bertz CT molecular complexity index is 333. The van der Waals surface area contributed by atoms with Crippen LogP contribution in [0.15, 0.2) is 3.92 Å². The third kappa shape index (κ3) is 3.15. The topological polar surface area (TPSA) is 32.3 Å². The van der Waals surface area contributed by atoms with E-state index in [1.165, 1.54) is 6.54 Å². The molecule has 1 aliphatic rings. The lowest BCUT2D eigenvalue weighted by Crippen LogP contribution is -2.47. The highest BCUT2D eigenvalue weighted by Crippen LogP contribution is 2.24. The molecule has 1 fully saturated rings. The van der Waals surface area contributed by atoms with Gasteiger partial charge in [-0.25, -0.2) is 0 Å². The van der Waals surface area contributed by atoms with Gasteiger partial charge in [0.15, 0.2) is 3.92 Å². The highest BCUT2D eigenvalue weighted by atomic mass is 79.9. The molecule has 4 nitrogen and oxygen atoms in total. The number of hydrogen-bond donors (Lipinski definition) is 0. The fraction of sp³-hybridized carbons (Fsp3) is 0.800. The van der Waals surface area contributed by atoms with Crippen molar-refractivity contribution in [2.45, 2.75) is 13.8 Å². The first-order chi connectivity index (χ1) is 7.65. The molecule has 0 atom stereocenters. The van der Waals surface area contributed by atoms with Gasteiger partial charge in [-0.1, -0.05) is 25.2 Å². The Hall–Kier alpha value is -0.200. The van der Waals surface area contributed by atoms with Gasteiger partial charge in [-0.3, -0.25) is 4.90 Å². The van der Waals surface area contributed by atoms with E-state index in [4.69, 9.17) is 0 Å². The standard InChI is InChI=1S/C10H17BrN4S/c1-8(2)7-14-3-5-15(6-4-14)10-13-12-9(11)16-10/h8H,3-7H2,1-2H3. The maximum absolute atomic E-state index is 4.15.